The minimum atomic E-state index is 0. The van der Waals surface area contributed by atoms with Crippen LogP contribution in [0.25, 0.3) is 0 Å². The average molecular weight is 422 g/mol. The Labute approximate surface area is 145 Å². The summed E-state index contributed by atoms with van der Waals surface area (Å²) in [6.07, 6.45) is 0.855. The topological polar surface area (TPSA) is 50.4 Å². The Morgan fingerprint density at radius 2 is 1.95 bits per heavy atom. The number of aliphatic imine (C=N–C) groups is 1. The van der Waals surface area contributed by atoms with Gasteiger partial charge in [-0.25, -0.2) is 0 Å². The molecule has 0 fully saturated rings. The van der Waals surface area contributed by atoms with Crippen LogP contribution in [0, 0.1) is 6.92 Å². The molecule has 0 amide bonds. The lowest BCUT2D eigenvalue weighted by Crippen LogP contribution is -2.23. The lowest BCUT2D eigenvalue weighted by Gasteiger charge is -2.05. The van der Waals surface area contributed by atoms with Crippen LogP contribution in [0.3, 0.4) is 0 Å². The molecule has 20 heavy (non-hydrogen) atoms. The van der Waals surface area contributed by atoms with Gasteiger partial charge in [-0.05, 0) is 31.2 Å². The average Bonchev–Trinajstić information content (AvgIpc) is 2.78. The van der Waals surface area contributed by atoms with Gasteiger partial charge < -0.3 is 11.1 Å². The van der Waals surface area contributed by atoms with Crippen LogP contribution in [0.1, 0.15) is 10.4 Å². The van der Waals surface area contributed by atoms with E-state index in [1.807, 2.05) is 43.3 Å². The molecule has 1 heterocycles. The summed E-state index contributed by atoms with van der Waals surface area (Å²) in [4.78, 5) is 5.51. The van der Waals surface area contributed by atoms with E-state index >= 15 is 0 Å². The predicted octanol–water partition coefficient (Wildman–Crippen LogP) is 4.30. The molecular formula is C14H17ClIN3S. The van der Waals surface area contributed by atoms with Crippen LogP contribution in [0.2, 0.25) is 4.34 Å². The van der Waals surface area contributed by atoms with Gasteiger partial charge in [0.1, 0.15) is 0 Å². The lowest BCUT2D eigenvalue weighted by molar-refractivity contribution is 0.983. The highest BCUT2D eigenvalue weighted by Gasteiger charge is 1.98. The fourth-order valence-electron chi connectivity index (χ4n) is 1.60. The minimum absolute atomic E-state index is 0. The molecule has 0 radical (unpaired) electrons. The number of benzene rings is 1. The van der Waals surface area contributed by atoms with Gasteiger partial charge in [-0.15, -0.1) is 35.3 Å². The van der Waals surface area contributed by atoms with E-state index in [0.717, 1.165) is 16.4 Å². The van der Waals surface area contributed by atoms with Gasteiger partial charge >= 0.3 is 0 Å². The Bertz CT molecular complexity index is 566. The van der Waals surface area contributed by atoms with Crippen molar-refractivity contribution in [2.45, 2.75) is 13.3 Å². The molecule has 0 spiro atoms. The number of rotatable bonds is 4. The SMILES string of the molecule is Cc1ccc(NC(N)=NCCc2ccc(Cl)s2)cc1.I. The zero-order chi connectivity index (χ0) is 13.7. The summed E-state index contributed by atoms with van der Waals surface area (Å²) >= 11 is 7.45. The van der Waals surface area contributed by atoms with Crippen molar-refractivity contribution in [2.75, 3.05) is 11.9 Å². The van der Waals surface area contributed by atoms with Crippen molar-refractivity contribution < 1.29 is 0 Å². The normalized spacial score (nSPS) is 11.0. The largest absolute Gasteiger partial charge is 0.370 e. The van der Waals surface area contributed by atoms with E-state index in [-0.39, 0.29) is 24.0 Å². The van der Waals surface area contributed by atoms with Crippen molar-refractivity contribution >= 4 is 58.6 Å². The summed E-state index contributed by atoms with van der Waals surface area (Å²) in [5, 5.41) is 3.07. The van der Waals surface area contributed by atoms with Crippen LogP contribution in [-0.4, -0.2) is 12.5 Å². The standard InChI is InChI=1S/C14H16ClN3S.HI/c1-10-2-4-11(5-3-10)18-14(16)17-9-8-12-6-7-13(15)19-12;/h2-7H,8-9H2,1H3,(H3,16,17,18);1H. The molecule has 0 aliphatic carbocycles. The highest BCUT2D eigenvalue weighted by Crippen LogP contribution is 2.21. The summed E-state index contributed by atoms with van der Waals surface area (Å²) in [6, 6.07) is 11.9. The second kappa shape index (κ2) is 8.49. The molecule has 2 aromatic rings. The zero-order valence-electron chi connectivity index (χ0n) is 11.1. The van der Waals surface area contributed by atoms with Crippen LogP contribution in [0.4, 0.5) is 5.69 Å². The van der Waals surface area contributed by atoms with Crippen molar-refractivity contribution in [1.82, 2.24) is 0 Å². The van der Waals surface area contributed by atoms with Gasteiger partial charge in [0.2, 0.25) is 0 Å². The molecule has 0 atom stereocenters. The van der Waals surface area contributed by atoms with Gasteiger partial charge in [0, 0.05) is 23.5 Å². The molecule has 0 unspecified atom stereocenters. The highest BCUT2D eigenvalue weighted by atomic mass is 127. The molecule has 3 nitrogen and oxygen atoms in total. The summed E-state index contributed by atoms with van der Waals surface area (Å²) in [6.45, 7) is 2.70. The number of hydrogen-bond donors (Lipinski definition) is 2. The maximum atomic E-state index is 5.87. The van der Waals surface area contributed by atoms with Crippen LogP contribution in [-0.2, 0) is 6.42 Å². The fraction of sp³-hybridized carbons (Fsp3) is 0.214. The van der Waals surface area contributed by atoms with Crippen molar-refractivity contribution in [1.29, 1.82) is 0 Å². The third kappa shape index (κ3) is 5.68. The monoisotopic (exact) mass is 421 g/mol. The third-order valence-electron chi connectivity index (χ3n) is 2.59. The van der Waals surface area contributed by atoms with Crippen LogP contribution in [0.15, 0.2) is 41.4 Å². The maximum absolute atomic E-state index is 5.87. The predicted molar refractivity (Wildman–Crippen MR) is 99.7 cm³/mol. The van der Waals surface area contributed by atoms with Crippen molar-refractivity contribution in [3.8, 4) is 0 Å². The first-order chi connectivity index (χ1) is 9.13. The van der Waals surface area contributed by atoms with Crippen LogP contribution in [0.5, 0.6) is 0 Å². The number of guanidine groups is 1. The molecule has 6 heteroatoms. The number of anilines is 1. The number of halogens is 2. The Kier molecular flexibility index (Phi) is 7.32. The first-order valence-electron chi connectivity index (χ1n) is 6.01. The lowest BCUT2D eigenvalue weighted by atomic mass is 10.2. The van der Waals surface area contributed by atoms with Crippen LogP contribution >= 0.6 is 46.9 Å². The molecule has 0 aliphatic heterocycles. The molecule has 108 valence electrons. The third-order valence-corrected chi connectivity index (χ3v) is 3.88. The van der Waals surface area contributed by atoms with Gasteiger partial charge in [0.15, 0.2) is 5.96 Å². The summed E-state index contributed by atoms with van der Waals surface area (Å²) in [5.41, 5.74) is 8.00. The number of nitrogens with one attached hydrogen (secondary N) is 1. The molecule has 0 aliphatic rings. The Morgan fingerprint density at radius 1 is 1.25 bits per heavy atom. The van der Waals surface area contributed by atoms with E-state index in [0.29, 0.717) is 12.5 Å². The van der Waals surface area contributed by atoms with Gasteiger partial charge in [0.05, 0.1) is 4.34 Å². The Hall–Kier alpha value is -0.790. The zero-order valence-corrected chi connectivity index (χ0v) is 15.0. The molecule has 0 saturated carbocycles. The van der Waals surface area contributed by atoms with Gasteiger partial charge in [0.25, 0.3) is 0 Å². The van der Waals surface area contributed by atoms with E-state index in [1.165, 1.54) is 10.4 Å². The fourth-order valence-corrected chi connectivity index (χ4v) is 2.67. The summed E-state index contributed by atoms with van der Waals surface area (Å²) < 4.78 is 0.810. The van der Waals surface area contributed by atoms with Crippen LogP contribution < -0.4 is 11.1 Å². The maximum Gasteiger partial charge on any atom is 0.193 e. The quantitative estimate of drug-likeness (QED) is 0.439. The molecule has 3 N–H and O–H groups in total. The number of aryl methyl sites for hydroxylation is 1. The second-order valence-electron chi connectivity index (χ2n) is 4.21. The van der Waals surface area contributed by atoms with Crippen molar-refractivity contribution in [3.05, 3.63) is 51.2 Å². The van der Waals surface area contributed by atoms with E-state index in [2.05, 4.69) is 10.3 Å². The molecule has 0 bridgehead atoms. The number of thiophene rings is 1. The number of nitrogens with two attached hydrogens (primary N) is 1. The molecule has 1 aromatic carbocycles. The highest BCUT2D eigenvalue weighted by molar-refractivity contribution is 14.0. The van der Waals surface area contributed by atoms with E-state index < -0.39 is 0 Å². The van der Waals surface area contributed by atoms with E-state index in [4.69, 9.17) is 17.3 Å². The molecular weight excluding hydrogens is 405 g/mol. The molecule has 2 rings (SSSR count). The summed E-state index contributed by atoms with van der Waals surface area (Å²) in [7, 11) is 0. The molecule has 0 saturated heterocycles. The first kappa shape index (κ1) is 17.3. The van der Waals surface area contributed by atoms with Crippen molar-refractivity contribution in [2.24, 2.45) is 10.7 Å². The summed E-state index contributed by atoms with van der Waals surface area (Å²) in [5.74, 6) is 0.437. The van der Waals surface area contributed by atoms with Gasteiger partial charge in [-0.3, -0.25) is 4.99 Å². The second-order valence-corrected chi connectivity index (χ2v) is 6.01. The minimum Gasteiger partial charge on any atom is -0.370 e. The van der Waals surface area contributed by atoms with E-state index in [9.17, 15) is 0 Å². The molecule has 1 aromatic heterocycles. The van der Waals surface area contributed by atoms with Gasteiger partial charge in [-0.2, -0.15) is 0 Å². The first-order valence-corrected chi connectivity index (χ1v) is 7.21. The van der Waals surface area contributed by atoms with E-state index in [1.54, 1.807) is 11.3 Å². The Balaban J connectivity index is 0.00000200. The number of hydrogen-bond acceptors (Lipinski definition) is 2. The van der Waals surface area contributed by atoms with Crippen molar-refractivity contribution in [3.63, 3.8) is 0 Å². The smallest absolute Gasteiger partial charge is 0.193 e. The number of nitrogens with zero attached hydrogens (tertiary/aromatic N) is 1. The Morgan fingerprint density at radius 3 is 2.55 bits per heavy atom. The van der Waals surface area contributed by atoms with Gasteiger partial charge in [-0.1, -0.05) is 29.3 Å².